The Kier molecular flexibility index (Phi) is 3.86. The lowest BCUT2D eigenvalue weighted by Crippen LogP contribution is -1.92. The van der Waals surface area contributed by atoms with Gasteiger partial charge in [0.2, 0.25) is 0 Å². The molecule has 12 heavy (non-hydrogen) atoms. The lowest BCUT2D eigenvalue weighted by Gasteiger charge is -2.01. The molecular formula is C10H9BrO. The molecule has 0 bridgehead atoms. The van der Waals surface area contributed by atoms with Gasteiger partial charge in [-0.2, -0.15) is 0 Å². The first kappa shape index (κ1) is 9.31. The van der Waals surface area contributed by atoms with E-state index in [4.69, 9.17) is 0 Å². The van der Waals surface area contributed by atoms with E-state index < -0.39 is 6.10 Å². The molecule has 1 unspecified atom stereocenters. The molecule has 0 fully saturated rings. The molecule has 1 atom stereocenters. The Labute approximate surface area is 80.6 Å². The van der Waals surface area contributed by atoms with Crippen molar-refractivity contribution in [1.82, 2.24) is 0 Å². The fourth-order valence-electron chi connectivity index (χ4n) is 0.854. The molecule has 2 heteroatoms. The predicted molar refractivity (Wildman–Crippen MR) is 53.0 cm³/mol. The van der Waals surface area contributed by atoms with E-state index in [-0.39, 0.29) is 0 Å². The third-order valence-electron chi connectivity index (χ3n) is 1.42. The molecule has 0 amide bonds. The number of alkyl halides is 1. The Morgan fingerprint density at radius 2 is 2.00 bits per heavy atom. The van der Waals surface area contributed by atoms with Crippen molar-refractivity contribution in [1.29, 1.82) is 0 Å². The van der Waals surface area contributed by atoms with E-state index in [2.05, 4.69) is 27.8 Å². The van der Waals surface area contributed by atoms with Gasteiger partial charge in [0.15, 0.2) is 0 Å². The summed E-state index contributed by atoms with van der Waals surface area (Å²) in [5.41, 5.74) is 0.839. The minimum Gasteiger partial charge on any atom is -0.376 e. The van der Waals surface area contributed by atoms with Gasteiger partial charge in [0.25, 0.3) is 0 Å². The Hall–Kier alpha value is -0.780. The molecule has 0 aromatic heterocycles. The maximum Gasteiger partial charge on any atom is 0.140 e. The number of hydrogen-bond acceptors (Lipinski definition) is 1. The molecule has 1 rings (SSSR count). The second-order valence-electron chi connectivity index (χ2n) is 2.27. The number of aliphatic hydroxyl groups excluding tert-OH is 1. The highest BCUT2D eigenvalue weighted by atomic mass is 79.9. The van der Waals surface area contributed by atoms with E-state index in [1.54, 1.807) is 0 Å². The van der Waals surface area contributed by atoms with Gasteiger partial charge in [0.05, 0.1) is 5.33 Å². The Bertz CT molecular complexity index is 284. The second kappa shape index (κ2) is 4.97. The van der Waals surface area contributed by atoms with Crippen LogP contribution in [0.3, 0.4) is 0 Å². The van der Waals surface area contributed by atoms with Gasteiger partial charge in [-0.05, 0) is 5.56 Å². The van der Waals surface area contributed by atoms with Crippen molar-refractivity contribution in [3.8, 4) is 11.8 Å². The smallest absolute Gasteiger partial charge is 0.140 e. The van der Waals surface area contributed by atoms with Gasteiger partial charge in [-0.25, -0.2) is 0 Å². The summed E-state index contributed by atoms with van der Waals surface area (Å²) in [5, 5.41) is 10.1. The standard InChI is InChI=1S/C10H9BrO/c11-8-4-7-10(12)9-5-2-1-3-6-9/h1-3,5-6,10,12H,8H2. The van der Waals surface area contributed by atoms with Crippen LogP contribution in [0.15, 0.2) is 30.3 Å². The Balaban J connectivity index is 2.72. The van der Waals surface area contributed by atoms with Crippen LogP contribution in [0.25, 0.3) is 0 Å². The number of aliphatic hydroxyl groups is 1. The minimum atomic E-state index is -0.663. The number of hydrogen-bond donors (Lipinski definition) is 1. The lowest BCUT2D eigenvalue weighted by atomic mass is 10.1. The first-order chi connectivity index (χ1) is 5.84. The average Bonchev–Trinajstić information content (AvgIpc) is 2.15. The summed E-state index contributed by atoms with van der Waals surface area (Å²) in [4.78, 5) is 0. The van der Waals surface area contributed by atoms with Crippen molar-refractivity contribution in [2.24, 2.45) is 0 Å². The van der Waals surface area contributed by atoms with Gasteiger partial charge in [0.1, 0.15) is 6.10 Å². The summed E-state index contributed by atoms with van der Waals surface area (Å²) in [6.07, 6.45) is -0.663. The van der Waals surface area contributed by atoms with E-state index in [0.29, 0.717) is 5.33 Å². The summed E-state index contributed by atoms with van der Waals surface area (Å²) in [6.45, 7) is 0. The van der Waals surface area contributed by atoms with Crippen LogP contribution in [0, 0.1) is 11.8 Å². The zero-order valence-corrected chi connectivity index (χ0v) is 8.08. The molecule has 1 N–H and O–H groups in total. The van der Waals surface area contributed by atoms with Crippen molar-refractivity contribution < 1.29 is 5.11 Å². The minimum absolute atomic E-state index is 0.594. The molecule has 1 aromatic carbocycles. The SMILES string of the molecule is OC(C#CCBr)c1ccccc1. The van der Waals surface area contributed by atoms with Crippen LogP contribution in [0.1, 0.15) is 11.7 Å². The van der Waals surface area contributed by atoms with Crippen molar-refractivity contribution in [3.63, 3.8) is 0 Å². The van der Waals surface area contributed by atoms with E-state index in [0.717, 1.165) is 5.56 Å². The zero-order valence-electron chi connectivity index (χ0n) is 6.50. The van der Waals surface area contributed by atoms with E-state index in [9.17, 15) is 5.11 Å². The van der Waals surface area contributed by atoms with Crippen LogP contribution in [0.2, 0.25) is 0 Å². The number of halogens is 1. The molecule has 1 aromatic rings. The maximum atomic E-state index is 9.46. The topological polar surface area (TPSA) is 20.2 Å². The van der Waals surface area contributed by atoms with Crippen molar-refractivity contribution in [2.45, 2.75) is 6.10 Å². The zero-order chi connectivity index (χ0) is 8.81. The van der Waals surface area contributed by atoms with Gasteiger partial charge >= 0.3 is 0 Å². The van der Waals surface area contributed by atoms with Crippen LogP contribution in [-0.2, 0) is 0 Å². The molecule has 0 saturated carbocycles. The van der Waals surface area contributed by atoms with E-state index >= 15 is 0 Å². The van der Waals surface area contributed by atoms with Crippen LogP contribution in [-0.4, -0.2) is 10.4 Å². The average molecular weight is 225 g/mol. The highest BCUT2D eigenvalue weighted by Gasteiger charge is 1.99. The van der Waals surface area contributed by atoms with Gasteiger partial charge in [-0.3, -0.25) is 0 Å². The molecule has 0 saturated heterocycles. The normalized spacial score (nSPS) is 11.5. The lowest BCUT2D eigenvalue weighted by molar-refractivity contribution is 0.238. The first-order valence-electron chi connectivity index (χ1n) is 3.62. The Morgan fingerprint density at radius 3 is 2.58 bits per heavy atom. The molecule has 0 radical (unpaired) electrons. The fourth-order valence-corrected chi connectivity index (χ4v) is 1.02. The van der Waals surface area contributed by atoms with E-state index in [1.165, 1.54) is 0 Å². The highest BCUT2D eigenvalue weighted by molar-refractivity contribution is 9.09. The van der Waals surface area contributed by atoms with Crippen LogP contribution < -0.4 is 0 Å². The molecule has 0 aliphatic heterocycles. The third kappa shape index (κ3) is 2.69. The number of benzene rings is 1. The van der Waals surface area contributed by atoms with Crippen molar-refractivity contribution in [3.05, 3.63) is 35.9 Å². The summed E-state index contributed by atoms with van der Waals surface area (Å²) in [5.74, 6) is 5.47. The second-order valence-corrected chi connectivity index (χ2v) is 2.83. The Morgan fingerprint density at radius 1 is 1.33 bits per heavy atom. The molecule has 0 aliphatic carbocycles. The van der Waals surface area contributed by atoms with Crippen LogP contribution >= 0.6 is 15.9 Å². The van der Waals surface area contributed by atoms with Gasteiger partial charge < -0.3 is 5.11 Å². The van der Waals surface area contributed by atoms with Gasteiger partial charge in [-0.15, -0.1) is 0 Å². The predicted octanol–water partition coefficient (Wildman–Crippen LogP) is 2.12. The monoisotopic (exact) mass is 224 g/mol. The van der Waals surface area contributed by atoms with Crippen molar-refractivity contribution in [2.75, 3.05) is 5.33 Å². The van der Waals surface area contributed by atoms with Gasteiger partial charge in [0, 0.05) is 0 Å². The fraction of sp³-hybridized carbons (Fsp3) is 0.200. The molecule has 1 nitrogen and oxygen atoms in total. The van der Waals surface area contributed by atoms with Crippen LogP contribution in [0.5, 0.6) is 0 Å². The summed E-state index contributed by atoms with van der Waals surface area (Å²) in [7, 11) is 0. The summed E-state index contributed by atoms with van der Waals surface area (Å²) >= 11 is 3.17. The molecule has 0 spiro atoms. The van der Waals surface area contributed by atoms with E-state index in [1.807, 2.05) is 30.3 Å². The maximum absolute atomic E-state index is 9.46. The first-order valence-corrected chi connectivity index (χ1v) is 4.74. The molecule has 0 heterocycles. The summed E-state index contributed by atoms with van der Waals surface area (Å²) in [6, 6.07) is 9.39. The third-order valence-corrected chi connectivity index (χ3v) is 1.70. The molecular weight excluding hydrogens is 216 g/mol. The quantitative estimate of drug-likeness (QED) is 0.573. The summed E-state index contributed by atoms with van der Waals surface area (Å²) < 4.78 is 0. The largest absolute Gasteiger partial charge is 0.376 e. The molecule has 62 valence electrons. The number of rotatable bonds is 1. The van der Waals surface area contributed by atoms with Gasteiger partial charge in [-0.1, -0.05) is 58.1 Å². The van der Waals surface area contributed by atoms with Crippen LogP contribution in [0.4, 0.5) is 0 Å². The molecule has 0 aliphatic rings. The van der Waals surface area contributed by atoms with Crippen molar-refractivity contribution >= 4 is 15.9 Å². The highest BCUT2D eigenvalue weighted by Crippen LogP contribution is 2.09.